The van der Waals surface area contributed by atoms with Gasteiger partial charge in [0.05, 0.1) is 43.2 Å². The number of ether oxygens (including phenoxy) is 3. The number of primary amides is 1. The molecule has 1 aliphatic heterocycles. The summed E-state index contributed by atoms with van der Waals surface area (Å²) < 4.78 is 18.7. The molecular formula is C30H38N4O5. The van der Waals surface area contributed by atoms with E-state index < -0.39 is 11.4 Å². The van der Waals surface area contributed by atoms with E-state index >= 15 is 0 Å². The van der Waals surface area contributed by atoms with Crippen molar-refractivity contribution in [2.45, 2.75) is 51.6 Å². The Bertz CT molecular complexity index is 1260. The first-order chi connectivity index (χ1) is 18.9. The van der Waals surface area contributed by atoms with Crippen molar-refractivity contribution in [2.75, 3.05) is 32.9 Å². The lowest BCUT2D eigenvalue weighted by atomic mass is 9.72. The van der Waals surface area contributed by atoms with Crippen LogP contribution in [0.5, 0.6) is 5.88 Å². The maximum absolute atomic E-state index is 12.6. The summed E-state index contributed by atoms with van der Waals surface area (Å²) in [6.07, 6.45) is 3.42. The number of nitrogens with one attached hydrogen (secondary N) is 1. The van der Waals surface area contributed by atoms with E-state index in [1.165, 1.54) is 6.20 Å². The number of esters is 1. The molecule has 3 N–H and O–H groups in total. The minimum absolute atomic E-state index is 0.0549. The van der Waals surface area contributed by atoms with E-state index in [0.29, 0.717) is 38.4 Å². The zero-order chi connectivity index (χ0) is 27.8. The van der Waals surface area contributed by atoms with Crippen molar-refractivity contribution in [3.8, 4) is 22.7 Å². The van der Waals surface area contributed by atoms with E-state index in [0.717, 1.165) is 35.5 Å². The lowest BCUT2D eigenvalue weighted by Gasteiger charge is -2.31. The molecule has 1 amide bonds. The van der Waals surface area contributed by atoms with Gasteiger partial charge in [-0.1, -0.05) is 50.2 Å². The summed E-state index contributed by atoms with van der Waals surface area (Å²) in [7, 11) is 0. The Kier molecular flexibility index (Phi) is 9.37. The van der Waals surface area contributed by atoms with E-state index in [-0.39, 0.29) is 24.2 Å². The van der Waals surface area contributed by atoms with Crippen LogP contribution in [-0.2, 0) is 19.7 Å². The van der Waals surface area contributed by atoms with Gasteiger partial charge in [-0.25, -0.2) is 9.48 Å². The van der Waals surface area contributed by atoms with Crippen molar-refractivity contribution >= 4 is 11.9 Å². The summed E-state index contributed by atoms with van der Waals surface area (Å²) in [4.78, 5) is 25.2. The Morgan fingerprint density at radius 3 is 2.51 bits per heavy atom. The molecule has 9 heteroatoms. The summed E-state index contributed by atoms with van der Waals surface area (Å²) >= 11 is 0. The van der Waals surface area contributed by atoms with Crippen LogP contribution in [0.4, 0.5) is 0 Å². The number of nitrogens with two attached hydrogens (primary N) is 1. The molecule has 9 nitrogen and oxygen atoms in total. The maximum Gasteiger partial charge on any atom is 0.345 e. The van der Waals surface area contributed by atoms with Crippen molar-refractivity contribution in [1.29, 1.82) is 0 Å². The molecule has 1 unspecified atom stereocenters. The lowest BCUT2D eigenvalue weighted by Crippen LogP contribution is -2.40. The van der Waals surface area contributed by atoms with Gasteiger partial charge in [-0.05, 0) is 48.6 Å². The number of aromatic nitrogens is 2. The molecule has 1 aliphatic rings. The molecule has 0 spiro atoms. The van der Waals surface area contributed by atoms with Gasteiger partial charge < -0.3 is 25.3 Å². The SMILES string of the molecule is CCOC(=O)c1cnn(-c2ccc(-c3ccccc3C(CC)(CC)C(N)=O)cc2)c1OCCC1CNCCO1. The highest BCUT2D eigenvalue weighted by Gasteiger charge is 2.36. The molecule has 0 saturated carbocycles. The fraction of sp³-hybridized carbons (Fsp3) is 0.433. The van der Waals surface area contributed by atoms with Gasteiger partial charge in [-0.15, -0.1) is 0 Å². The minimum Gasteiger partial charge on any atom is -0.477 e. The smallest absolute Gasteiger partial charge is 0.345 e. The minimum atomic E-state index is -0.746. The maximum atomic E-state index is 12.6. The first-order valence-electron chi connectivity index (χ1n) is 13.7. The van der Waals surface area contributed by atoms with Crippen molar-refractivity contribution in [3.05, 3.63) is 65.9 Å². The van der Waals surface area contributed by atoms with Crippen molar-refractivity contribution < 1.29 is 23.8 Å². The standard InChI is InChI=1S/C30H38N4O5/c1-4-30(5-2,29(31)36)26-10-8-7-9-24(26)21-11-13-22(14-12-21)34-27(25(20-33-34)28(35)37-6-3)39-17-15-23-19-32-16-18-38-23/h7-14,20,23,32H,4-6,15-19H2,1-3H3,(H2,31,36). The number of benzene rings is 2. The van der Waals surface area contributed by atoms with E-state index in [2.05, 4.69) is 10.4 Å². The van der Waals surface area contributed by atoms with Crippen LogP contribution < -0.4 is 15.8 Å². The number of hydrogen-bond donors (Lipinski definition) is 2. The number of morpholine rings is 1. The fourth-order valence-electron chi connectivity index (χ4n) is 5.15. The Hall–Kier alpha value is -3.69. The molecule has 2 aromatic carbocycles. The third kappa shape index (κ3) is 5.99. The second-order valence-electron chi connectivity index (χ2n) is 9.58. The highest BCUT2D eigenvalue weighted by Crippen LogP contribution is 2.38. The third-order valence-electron chi connectivity index (χ3n) is 7.45. The van der Waals surface area contributed by atoms with Crippen molar-refractivity contribution in [2.24, 2.45) is 5.73 Å². The fourth-order valence-corrected chi connectivity index (χ4v) is 5.15. The van der Waals surface area contributed by atoms with Gasteiger partial charge >= 0.3 is 5.97 Å². The van der Waals surface area contributed by atoms with Gasteiger partial charge in [-0.3, -0.25) is 4.79 Å². The monoisotopic (exact) mass is 534 g/mol. The predicted molar refractivity (Wildman–Crippen MR) is 149 cm³/mol. The van der Waals surface area contributed by atoms with E-state index in [1.807, 2.05) is 62.4 Å². The van der Waals surface area contributed by atoms with Crippen LogP contribution in [-0.4, -0.2) is 60.7 Å². The second-order valence-corrected chi connectivity index (χ2v) is 9.58. The molecular weight excluding hydrogens is 496 g/mol. The zero-order valence-corrected chi connectivity index (χ0v) is 22.9. The van der Waals surface area contributed by atoms with Crippen LogP contribution in [0.15, 0.2) is 54.7 Å². The van der Waals surface area contributed by atoms with Gasteiger partial charge in [0, 0.05) is 19.5 Å². The number of nitrogens with zero attached hydrogens (tertiary/aromatic N) is 2. The molecule has 3 aromatic rings. The van der Waals surface area contributed by atoms with Crippen molar-refractivity contribution in [3.63, 3.8) is 0 Å². The highest BCUT2D eigenvalue weighted by molar-refractivity contribution is 5.92. The number of carbonyl (C=O) groups is 2. The van der Waals surface area contributed by atoms with Crippen molar-refractivity contribution in [1.82, 2.24) is 15.1 Å². The highest BCUT2D eigenvalue weighted by atomic mass is 16.5. The average Bonchev–Trinajstić information content (AvgIpc) is 3.39. The summed E-state index contributed by atoms with van der Waals surface area (Å²) in [6, 6.07) is 15.7. The van der Waals surface area contributed by atoms with Crippen LogP contribution in [0, 0.1) is 0 Å². The predicted octanol–water partition coefficient (Wildman–Crippen LogP) is 4.02. The summed E-state index contributed by atoms with van der Waals surface area (Å²) in [5.41, 5.74) is 8.98. The summed E-state index contributed by atoms with van der Waals surface area (Å²) in [6.45, 7) is 8.64. The van der Waals surface area contributed by atoms with Crippen LogP contribution in [0.3, 0.4) is 0 Å². The van der Waals surface area contributed by atoms with Gasteiger partial charge in [0.1, 0.15) is 5.56 Å². The summed E-state index contributed by atoms with van der Waals surface area (Å²) in [5.74, 6) is -0.479. The van der Waals surface area contributed by atoms with E-state index in [4.69, 9.17) is 19.9 Å². The molecule has 0 radical (unpaired) electrons. The Labute approximate surface area is 229 Å². The van der Waals surface area contributed by atoms with Crippen LogP contribution >= 0.6 is 0 Å². The Balaban J connectivity index is 1.64. The number of hydrogen-bond acceptors (Lipinski definition) is 7. The number of carbonyl (C=O) groups excluding carboxylic acids is 2. The normalized spacial score (nSPS) is 15.6. The molecule has 2 heterocycles. The largest absolute Gasteiger partial charge is 0.477 e. The van der Waals surface area contributed by atoms with Gasteiger partial charge in [0.25, 0.3) is 0 Å². The van der Waals surface area contributed by atoms with Crippen LogP contribution in [0.25, 0.3) is 16.8 Å². The Morgan fingerprint density at radius 2 is 1.87 bits per heavy atom. The quantitative estimate of drug-likeness (QED) is 0.337. The summed E-state index contributed by atoms with van der Waals surface area (Å²) in [5, 5.41) is 7.76. The third-order valence-corrected chi connectivity index (χ3v) is 7.45. The second kappa shape index (κ2) is 12.9. The first kappa shape index (κ1) is 28.3. The van der Waals surface area contributed by atoms with Crippen LogP contribution in [0.1, 0.15) is 56.0 Å². The molecule has 1 saturated heterocycles. The number of amides is 1. The molecule has 208 valence electrons. The first-order valence-corrected chi connectivity index (χ1v) is 13.7. The van der Waals surface area contributed by atoms with Gasteiger partial charge in [0.15, 0.2) is 0 Å². The van der Waals surface area contributed by atoms with Crippen LogP contribution in [0.2, 0.25) is 0 Å². The molecule has 39 heavy (non-hydrogen) atoms. The molecule has 4 rings (SSSR count). The molecule has 0 aliphatic carbocycles. The molecule has 1 aromatic heterocycles. The average molecular weight is 535 g/mol. The molecule has 0 bridgehead atoms. The number of rotatable bonds is 12. The molecule has 1 fully saturated rings. The van der Waals surface area contributed by atoms with Gasteiger partial charge in [0.2, 0.25) is 11.8 Å². The van der Waals surface area contributed by atoms with Gasteiger partial charge in [-0.2, -0.15) is 5.10 Å². The lowest BCUT2D eigenvalue weighted by molar-refractivity contribution is -0.123. The topological polar surface area (TPSA) is 118 Å². The van der Waals surface area contributed by atoms with E-state index in [9.17, 15) is 9.59 Å². The van der Waals surface area contributed by atoms with E-state index in [1.54, 1.807) is 11.6 Å². The molecule has 1 atom stereocenters. The zero-order valence-electron chi connectivity index (χ0n) is 22.9. The Morgan fingerprint density at radius 1 is 1.13 bits per heavy atom.